The van der Waals surface area contributed by atoms with E-state index in [0.29, 0.717) is 6.54 Å². The number of nitrogens with one attached hydrogen (secondary N) is 2. The first-order chi connectivity index (χ1) is 8.29. The molecule has 1 amide bonds. The van der Waals surface area contributed by atoms with Crippen LogP contribution in [0.15, 0.2) is 29.9 Å². The first-order valence-electron chi connectivity index (χ1n) is 4.82. The SMILES string of the molecule is O=C(NO)c1ccc(NCc2nccs2)cn1. The van der Waals surface area contributed by atoms with Crippen LogP contribution in [0.3, 0.4) is 0 Å². The second-order valence-corrected chi connectivity index (χ2v) is 4.13. The average molecular weight is 250 g/mol. The van der Waals surface area contributed by atoms with Crippen molar-refractivity contribution < 1.29 is 10.0 Å². The molecule has 6 nitrogen and oxygen atoms in total. The highest BCUT2D eigenvalue weighted by molar-refractivity contribution is 7.09. The van der Waals surface area contributed by atoms with Gasteiger partial charge in [-0.05, 0) is 12.1 Å². The van der Waals surface area contributed by atoms with Crippen molar-refractivity contribution in [2.45, 2.75) is 6.54 Å². The van der Waals surface area contributed by atoms with E-state index in [9.17, 15) is 4.79 Å². The van der Waals surface area contributed by atoms with E-state index in [1.165, 1.54) is 17.7 Å². The van der Waals surface area contributed by atoms with Crippen molar-refractivity contribution in [2.24, 2.45) is 0 Å². The van der Waals surface area contributed by atoms with Crippen LogP contribution in [0.1, 0.15) is 15.5 Å². The second-order valence-electron chi connectivity index (χ2n) is 3.15. The fourth-order valence-electron chi connectivity index (χ4n) is 1.21. The summed E-state index contributed by atoms with van der Waals surface area (Å²) in [6.07, 6.45) is 3.27. The third-order valence-corrected chi connectivity index (χ3v) is 2.80. The number of nitrogens with zero attached hydrogens (tertiary/aromatic N) is 2. The van der Waals surface area contributed by atoms with Gasteiger partial charge < -0.3 is 5.32 Å². The number of thiazole rings is 1. The minimum atomic E-state index is -0.628. The smallest absolute Gasteiger partial charge is 0.293 e. The van der Waals surface area contributed by atoms with Crippen LogP contribution in [0.25, 0.3) is 0 Å². The quantitative estimate of drug-likeness (QED) is 0.562. The molecule has 0 unspecified atom stereocenters. The van der Waals surface area contributed by atoms with Gasteiger partial charge in [0.1, 0.15) is 10.7 Å². The highest BCUT2D eigenvalue weighted by Crippen LogP contribution is 2.10. The topological polar surface area (TPSA) is 87.1 Å². The van der Waals surface area contributed by atoms with Crippen LogP contribution in [-0.4, -0.2) is 21.1 Å². The molecule has 2 heterocycles. The fraction of sp³-hybridized carbons (Fsp3) is 0.100. The summed E-state index contributed by atoms with van der Waals surface area (Å²) in [7, 11) is 0. The Hall–Kier alpha value is -1.99. The molecule has 0 aliphatic rings. The van der Waals surface area contributed by atoms with Crippen molar-refractivity contribution in [3.05, 3.63) is 40.6 Å². The van der Waals surface area contributed by atoms with E-state index in [1.54, 1.807) is 23.6 Å². The maximum atomic E-state index is 11.0. The Balaban J connectivity index is 1.96. The summed E-state index contributed by atoms with van der Waals surface area (Å²) in [5.41, 5.74) is 2.47. The van der Waals surface area contributed by atoms with Crippen LogP contribution in [0.5, 0.6) is 0 Å². The molecule has 0 bridgehead atoms. The molecule has 0 saturated heterocycles. The zero-order valence-electron chi connectivity index (χ0n) is 8.75. The van der Waals surface area contributed by atoms with E-state index >= 15 is 0 Å². The fourth-order valence-corrected chi connectivity index (χ4v) is 1.76. The Bertz CT molecular complexity index is 484. The molecule has 0 radical (unpaired) electrons. The highest BCUT2D eigenvalue weighted by Gasteiger charge is 2.04. The monoisotopic (exact) mass is 250 g/mol. The van der Waals surface area contributed by atoms with Crippen LogP contribution in [0.4, 0.5) is 5.69 Å². The number of anilines is 1. The van der Waals surface area contributed by atoms with E-state index in [0.717, 1.165) is 10.7 Å². The largest absolute Gasteiger partial charge is 0.377 e. The zero-order valence-corrected chi connectivity index (χ0v) is 9.57. The number of hydrogen-bond acceptors (Lipinski definition) is 6. The molecular formula is C10H10N4O2S. The van der Waals surface area contributed by atoms with Crippen molar-refractivity contribution in [1.82, 2.24) is 15.4 Å². The molecule has 0 fully saturated rings. The van der Waals surface area contributed by atoms with Gasteiger partial charge in [-0.15, -0.1) is 11.3 Å². The molecule has 0 aliphatic carbocycles. The first kappa shape index (κ1) is 11.5. The molecule has 3 N–H and O–H groups in total. The third-order valence-electron chi connectivity index (χ3n) is 2.02. The Kier molecular flexibility index (Phi) is 3.63. The van der Waals surface area contributed by atoms with Crippen LogP contribution < -0.4 is 10.8 Å². The summed E-state index contributed by atoms with van der Waals surface area (Å²) < 4.78 is 0. The van der Waals surface area contributed by atoms with Gasteiger partial charge in [0.05, 0.1) is 18.4 Å². The van der Waals surface area contributed by atoms with Gasteiger partial charge in [0, 0.05) is 11.6 Å². The van der Waals surface area contributed by atoms with Gasteiger partial charge in [-0.2, -0.15) is 0 Å². The zero-order chi connectivity index (χ0) is 12.1. The molecule has 0 saturated carbocycles. The van der Waals surface area contributed by atoms with Gasteiger partial charge in [0.15, 0.2) is 0 Å². The molecule has 7 heteroatoms. The van der Waals surface area contributed by atoms with Crippen molar-refractivity contribution in [2.75, 3.05) is 5.32 Å². The Morgan fingerprint density at radius 1 is 1.41 bits per heavy atom. The highest BCUT2D eigenvalue weighted by atomic mass is 32.1. The summed E-state index contributed by atoms with van der Waals surface area (Å²) in [5.74, 6) is -0.628. The number of hydrogen-bond donors (Lipinski definition) is 3. The molecule has 0 spiro atoms. The van der Waals surface area contributed by atoms with Gasteiger partial charge in [0.25, 0.3) is 5.91 Å². The van der Waals surface area contributed by atoms with Crippen LogP contribution in [0.2, 0.25) is 0 Å². The minimum absolute atomic E-state index is 0.160. The first-order valence-corrected chi connectivity index (χ1v) is 5.70. The lowest BCUT2D eigenvalue weighted by Crippen LogP contribution is -2.19. The van der Waals surface area contributed by atoms with Gasteiger partial charge in [0.2, 0.25) is 0 Å². The average Bonchev–Trinajstić information content (AvgIpc) is 2.89. The Morgan fingerprint density at radius 3 is 2.88 bits per heavy atom. The molecule has 17 heavy (non-hydrogen) atoms. The van der Waals surface area contributed by atoms with Crippen LogP contribution in [-0.2, 0) is 6.54 Å². The second kappa shape index (κ2) is 5.37. The van der Waals surface area contributed by atoms with E-state index in [2.05, 4.69) is 15.3 Å². The van der Waals surface area contributed by atoms with Crippen LogP contribution in [0, 0.1) is 0 Å². The lowest BCUT2D eigenvalue weighted by molar-refractivity contribution is 0.0701. The summed E-state index contributed by atoms with van der Waals surface area (Å²) >= 11 is 1.56. The standard InChI is InChI=1S/C10H10N4O2S/c15-10(14-16)8-2-1-7(5-13-8)12-6-9-11-3-4-17-9/h1-5,12,16H,6H2,(H,14,15). The normalized spacial score (nSPS) is 9.94. The number of pyridine rings is 1. The molecule has 2 aromatic heterocycles. The predicted octanol–water partition coefficient (Wildman–Crippen LogP) is 1.27. The summed E-state index contributed by atoms with van der Waals surface area (Å²) in [6, 6.07) is 3.24. The number of aromatic nitrogens is 2. The lowest BCUT2D eigenvalue weighted by Gasteiger charge is -2.04. The maximum absolute atomic E-state index is 11.0. The molecule has 0 atom stereocenters. The maximum Gasteiger partial charge on any atom is 0.293 e. The number of carbonyl (C=O) groups excluding carboxylic acids is 1. The van der Waals surface area contributed by atoms with Crippen molar-refractivity contribution in [3.63, 3.8) is 0 Å². The van der Waals surface area contributed by atoms with Gasteiger partial charge in [-0.3, -0.25) is 10.0 Å². The lowest BCUT2D eigenvalue weighted by atomic mass is 10.3. The van der Waals surface area contributed by atoms with Gasteiger partial charge in [-0.1, -0.05) is 0 Å². The minimum Gasteiger partial charge on any atom is -0.377 e. The summed E-state index contributed by atoms with van der Waals surface area (Å²) in [5, 5.41) is 14.4. The number of hydroxylamine groups is 1. The van der Waals surface area contributed by atoms with Crippen LogP contribution >= 0.6 is 11.3 Å². The summed E-state index contributed by atoms with van der Waals surface area (Å²) in [6.45, 7) is 0.616. The van der Waals surface area contributed by atoms with E-state index in [4.69, 9.17) is 5.21 Å². The van der Waals surface area contributed by atoms with E-state index in [-0.39, 0.29) is 5.69 Å². The number of rotatable bonds is 4. The molecule has 2 aromatic rings. The molecule has 88 valence electrons. The third kappa shape index (κ3) is 2.99. The molecule has 2 rings (SSSR count). The van der Waals surface area contributed by atoms with Crippen molar-refractivity contribution in [3.8, 4) is 0 Å². The number of amides is 1. The predicted molar refractivity (Wildman–Crippen MR) is 62.9 cm³/mol. The summed E-state index contributed by atoms with van der Waals surface area (Å²) in [4.78, 5) is 19.0. The number of carbonyl (C=O) groups is 1. The van der Waals surface area contributed by atoms with Gasteiger partial charge in [-0.25, -0.2) is 15.4 Å². The van der Waals surface area contributed by atoms with E-state index in [1.807, 2.05) is 5.38 Å². The molecular weight excluding hydrogens is 240 g/mol. The van der Waals surface area contributed by atoms with Gasteiger partial charge >= 0.3 is 0 Å². The molecule has 0 aliphatic heterocycles. The Labute approximate surface area is 101 Å². The van der Waals surface area contributed by atoms with Crippen molar-refractivity contribution in [1.29, 1.82) is 0 Å². The van der Waals surface area contributed by atoms with Crippen molar-refractivity contribution >= 4 is 22.9 Å². The molecule has 0 aromatic carbocycles. The van der Waals surface area contributed by atoms with E-state index < -0.39 is 5.91 Å². The Morgan fingerprint density at radius 2 is 2.29 bits per heavy atom.